The van der Waals surface area contributed by atoms with Crippen molar-refractivity contribution >= 4 is 11.8 Å². The summed E-state index contributed by atoms with van der Waals surface area (Å²) < 4.78 is 0. The third-order valence-electron chi connectivity index (χ3n) is 5.06. The summed E-state index contributed by atoms with van der Waals surface area (Å²) in [5, 5.41) is 2.86. The molecular formula is C23H29N3O2. The summed E-state index contributed by atoms with van der Waals surface area (Å²) in [6.07, 6.45) is 1.70. The second-order valence-corrected chi connectivity index (χ2v) is 7.26. The Morgan fingerprint density at radius 1 is 0.821 bits per heavy atom. The van der Waals surface area contributed by atoms with Gasteiger partial charge in [-0.05, 0) is 17.5 Å². The van der Waals surface area contributed by atoms with Crippen LogP contribution in [0.15, 0.2) is 60.7 Å². The average molecular weight is 380 g/mol. The first kappa shape index (κ1) is 20.1. The normalized spacial score (nSPS) is 15.1. The van der Waals surface area contributed by atoms with Crippen molar-refractivity contribution in [3.63, 3.8) is 0 Å². The van der Waals surface area contributed by atoms with E-state index in [0.29, 0.717) is 19.4 Å². The van der Waals surface area contributed by atoms with Gasteiger partial charge in [0.1, 0.15) is 0 Å². The number of hydrogen-bond acceptors (Lipinski definition) is 3. The lowest BCUT2D eigenvalue weighted by molar-refractivity contribution is -0.131. The molecule has 1 heterocycles. The predicted octanol–water partition coefficient (Wildman–Crippen LogP) is 2.47. The molecule has 0 aromatic heterocycles. The molecule has 1 saturated heterocycles. The maximum absolute atomic E-state index is 12.5. The van der Waals surface area contributed by atoms with E-state index in [1.807, 2.05) is 41.3 Å². The number of hydrogen-bond donors (Lipinski definition) is 1. The molecule has 0 radical (unpaired) electrons. The van der Waals surface area contributed by atoms with Gasteiger partial charge in [-0.1, -0.05) is 60.7 Å². The second-order valence-electron chi connectivity index (χ2n) is 7.26. The Balaban J connectivity index is 1.37. The molecule has 1 N–H and O–H groups in total. The van der Waals surface area contributed by atoms with Gasteiger partial charge in [0.05, 0.1) is 6.42 Å². The minimum absolute atomic E-state index is 0.0381. The van der Waals surface area contributed by atoms with Gasteiger partial charge in [0.15, 0.2) is 0 Å². The zero-order chi connectivity index (χ0) is 19.6. The lowest BCUT2D eigenvalue weighted by Crippen LogP contribution is -2.37. The van der Waals surface area contributed by atoms with Gasteiger partial charge in [-0.2, -0.15) is 0 Å². The number of rotatable bonds is 7. The molecule has 0 saturated carbocycles. The van der Waals surface area contributed by atoms with Gasteiger partial charge in [0, 0.05) is 45.7 Å². The molecule has 5 nitrogen and oxygen atoms in total. The van der Waals surface area contributed by atoms with Crippen molar-refractivity contribution in [2.75, 3.05) is 32.7 Å². The molecule has 0 atom stereocenters. The van der Waals surface area contributed by atoms with E-state index in [1.165, 1.54) is 5.56 Å². The molecule has 1 aliphatic rings. The quantitative estimate of drug-likeness (QED) is 0.804. The van der Waals surface area contributed by atoms with Crippen LogP contribution in [0.3, 0.4) is 0 Å². The number of amides is 2. The molecule has 148 valence electrons. The van der Waals surface area contributed by atoms with Crippen LogP contribution in [0.4, 0.5) is 0 Å². The van der Waals surface area contributed by atoms with E-state index in [2.05, 4.69) is 34.5 Å². The van der Waals surface area contributed by atoms with Crippen LogP contribution in [0, 0.1) is 0 Å². The van der Waals surface area contributed by atoms with Crippen LogP contribution in [-0.4, -0.2) is 54.3 Å². The highest BCUT2D eigenvalue weighted by atomic mass is 16.2. The first-order valence-corrected chi connectivity index (χ1v) is 10.1. The number of benzene rings is 2. The van der Waals surface area contributed by atoms with E-state index in [4.69, 9.17) is 0 Å². The Hall–Kier alpha value is -2.66. The van der Waals surface area contributed by atoms with E-state index < -0.39 is 0 Å². The van der Waals surface area contributed by atoms with Crippen molar-refractivity contribution in [3.05, 3.63) is 71.8 Å². The lowest BCUT2D eigenvalue weighted by Gasteiger charge is -2.22. The summed E-state index contributed by atoms with van der Waals surface area (Å²) in [4.78, 5) is 28.9. The Labute approximate surface area is 167 Å². The van der Waals surface area contributed by atoms with Crippen molar-refractivity contribution in [2.24, 2.45) is 0 Å². The molecule has 2 aromatic carbocycles. The highest BCUT2D eigenvalue weighted by Crippen LogP contribution is 2.09. The fourth-order valence-corrected chi connectivity index (χ4v) is 3.53. The number of nitrogens with one attached hydrogen (secondary N) is 1. The van der Waals surface area contributed by atoms with Crippen LogP contribution >= 0.6 is 0 Å². The van der Waals surface area contributed by atoms with E-state index in [9.17, 15) is 9.59 Å². The molecule has 0 spiro atoms. The molecule has 2 amide bonds. The molecule has 1 aliphatic heterocycles. The van der Waals surface area contributed by atoms with Gasteiger partial charge < -0.3 is 10.2 Å². The molecule has 28 heavy (non-hydrogen) atoms. The highest BCUT2D eigenvalue weighted by Gasteiger charge is 2.19. The first-order chi connectivity index (χ1) is 13.7. The maximum Gasteiger partial charge on any atom is 0.224 e. The van der Waals surface area contributed by atoms with Crippen molar-refractivity contribution in [1.82, 2.24) is 15.1 Å². The third-order valence-corrected chi connectivity index (χ3v) is 5.06. The molecule has 2 aromatic rings. The molecule has 3 rings (SSSR count). The van der Waals surface area contributed by atoms with Crippen LogP contribution in [0.5, 0.6) is 0 Å². The van der Waals surface area contributed by atoms with E-state index in [0.717, 1.165) is 44.7 Å². The number of carbonyl (C=O) groups excluding carboxylic acids is 2. The van der Waals surface area contributed by atoms with E-state index >= 15 is 0 Å². The smallest absolute Gasteiger partial charge is 0.224 e. The monoisotopic (exact) mass is 379 g/mol. The van der Waals surface area contributed by atoms with Crippen molar-refractivity contribution < 1.29 is 9.59 Å². The number of carbonyl (C=O) groups is 2. The fourth-order valence-electron chi connectivity index (χ4n) is 3.53. The lowest BCUT2D eigenvalue weighted by atomic mass is 10.1. The number of nitrogens with zero attached hydrogens (tertiary/aromatic N) is 2. The average Bonchev–Trinajstić information content (AvgIpc) is 2.95. The third kappa shape index (κ3) is 6.50. The summed E-state index contributed by atoms with van der Waals surface area (Å²) >= 11 is 0. The second kappa shape index (κ2) is 10.6. The Kier molecular flexibility index (Phi) is 7.62. The summed E-state index contributed by atoms with van der Waals surface area (Å²) in [5.41, 5.74) is 2.29. The predicted molar refractivity (Wildman–Crippen MR) is 111 cm³/mol. The van der Waals surface area contributed by atoms with Gasteiger partial charge in [-0.15, -0.1) is 0 Å². The minimum atomic E-state index is -0.0381. The van der Waals surface area contributed by atoms with Crippen LogP contribution in [0.2, 0.25) is 0 Å². The van der Waals surface area contributed by atoms with Gasteiger partial charge in [0.2, 0.25) is 11.8 Å². The first-order valence-electron chi connectivity index (χ1n) is 10.1. The van der Waals surface area contributed by atoms with Crippen molar-refractivity contribution in [1.29, 1.82) is 0 Å². The van der Waals surface area contributed by atoms with Crippen LogP contribution < -0.4 is 5.32 Å². The molecule has 5 heteroatoms. The summed E-state index contributed by atoms with van der Waals surface area (Å²) in [6.45, 7) is 4.77. The van der Waals surface area contributed by atoms with Crippen molar-refractivity contribution in [2.45, 2.75) is 25.8 Å². The topological polar surface area (TPSA) is 52.7 Å². The molecule has 0 unspecified atom stereocenters. The SMILES string of the molecule is O=C(Cc1ccccc1)NCCC(=O)N1CCCN(Cc2ccccc2)CC1. The van der Waals surface area contributed by atoms with Gasteiger partial charge in [-0.3, -0.25) is 14.5 Å². The molecule has 0 bridgehead atoms. The molecule has 0 aliphatic carbocycles. The molecular weight excluding hydrogens is 350 g/mol. The zero-order valence-electron chi connectivity index (χ0n) is 16.3. The van der Waals surface area contributed by atoms with Crippen LogP contribution in [0.25, 0.3) is 0 Å². The van der Waals surface area contributed by atoms with E-state index in [1.54, 1.807) is 0 Å². The zero-order valence-corrected chi connectivity index (χ0v) is 16.3. The van der Waals surface area contributed by atoms with Crippen LogP contribution in [0.1, 0.15) is 24.0 Å². The van der Waals surface area contributed by atoms with Crippen molar-refractivity contribution in [3.8, 4) is 0 Å². The van der Waals surface area contributed by atoms with Gasteiger partial charge in [-0.25, -0.2) is 0 Å². The van der Waals surface area contributed by atoms with Crippen LogP contribution in [-0.2, 0) is 22.6 Å². The van der Waals surface area contributed by atoms with Gasteiger partial charge >= 0.3 is 0 Å². The highest BCUT2D eigenvalue weighted by molar-refractivity contribution is 5.80. The standard InChI is InChI=1S/C23H29N3O2/c27-22(18-20-8-3-1-4-9-20)24-13-12-23(28)26-15-7-14-25(16-17-26)19-21-10-5-2-6-11-21/h1-6,8-11H,7,12-19H2,(H,24,27). The Morgan fingerprint density at radius 2 is 1.50 bits per heavy atom. The fraction of sp³-hybridized carbons (Fsp3) is 0.391. The van der Waals surface area contributed by atoms with Gasteiger partial charge in [0.25, 0.3) is 0 Å². The Bertz CT molecular complexity index is 749. The summed E-state index contributed by atoms with van der Waals surface area (Å²) in [5.74, 6) is 0.0884. The molecule has 1 fully saturated rings. The maximum atomic E-state index is 12.5. The summed E-state index contributed by atoms with van der Waals surface area (Å²) in [6, 6.07) is 20.1. The summed E-state index contributed by atoms with van der Waals surface area (Å²) in [7, 11) is 0. The minimum Gasteiger partial charge on any atom is -0.355 e. The van der Waals surface area contributed by atoms with E-state index in [-0.39, 0.29) is 11.8 Å². The largest absolute Gasteiger partial charge is 0.355 e. The Morgan fingerprint density at radius 3 is 2.21 bits per heavy atom.